The molecule has 3 aliphatic heterocycles. The number of alkyl carbamates (subject to hydrolysis) is 1. The summed E-state index contributed by atoms with van der Waals surface area (Å²) in [7, 11) is 0. The van der Waals surface area contributed by atoms with Crippen LogP contribution >= 0.6 is 11.8 Å². The van der Waals surface area contributed by atoms with Gasteiger partial charge in [0.25, 0.3) is 0 Å². The predicted molar refractivity (Wildman–Crippen MR) is 206 cm³/mol. The average Bonchev–Trinajstić information content (AvgIpc) is 3.57. The van der Waals surface area contributed by atoms with Crippen LogP contribution in [0.25, 0.3) is 0 Å². The van der Waals surface area contributed by atoms with Crippen LogP contribution in [0.15, 0.2) is 24.3 Å². The molecule has 6 amide bonds. The van der Waals surface area contributed by atoms with E-state index in [2.05, 4.69) is 42.0 Å². The summed E-state index contributed by atoms with van der Waals surface area (Å²) in [6.07, 6.45) is 5.92. The molecule has 0 aromatic heterocycles. The second kappa shape index (κ2) is 19.7. The number of halogens is 1. The summed E-state index contributed by atoms with van der Waals surface area (Å²) in [4.78, 5) is 69.6. The van der Waals surface area contributed by atoms with E-state index in [9.17, 15) is 28.4 Å². The lowest BCUT2D eigenvalue weighted by atomic mass is 9.70. The second-order valence-electron chi connectivity index (χ2n) is 16.1. The van der Waals surface area contributed by atoms with E-state index in [1.807, 2.05) is 35.4 Å². The molecule has 14 heteroatoms. The van der Waals surface area contributed by atoms with Gasteiger partial charge in [0.2, 0.25) is 17.7 Å². The van der Waals surface area contributed by atoms with Crippen LogP contribution in [0.1, 0.15) is 98.0 Å². The Morgan fingerprint density at radius 3 is 2.34 bits per heavy atom. The number of hydrogen-bond donors (Lipinski definition) is 4. The summed E-state index contributed by atoms with van der Waals surface area (Å²) in [6, 6.07) is 5.07. The Balaban J connectivity index is 1.53. The predicted octanol–water partition coefficient (Wildman–Crippen LogP) is 5.86. The Morgan fingerprint density at radius 1 is 0.962 bits per heavy atom. The van der Waals surface area contributed by atoms with E-state index >= 15 is 0 Å². The molecule has 296 valence electrons. The molecule has 53 heavy (non-hydrogen) atoms. The van der Waals surface area contributed by atoms with E-state index in [4.69, 9.17) is 4.74 Å². The van der Waals surface area contributed by atoms with Gasteiger partial charge in [0.05, 0.1) is 12.6 Å². The lowest BCUT2D eigenvalue weighted by molar-refractivity contribution is -0.130. The van der Waals surface area contributed by atoms with Crippen LogP contribution in [0.4, 0.5) is 19.7 Å². The minimum atomic E-state index is -0.832. The van der Waals surface area contributed by atoms with Crippen LogP contribution < -0.4 is 21.3 Å². The third kappa shape index (κ3) is 12.0. The first-order chi connectivity index (χ1) is 25.2. The molecular weight excluding hydrogens is 700 g/mol. The molecule has 4 bridgehead atoms. The molecule has 3 heterocycles. The smallest absolute Gasteiger partial charge is 0.407 e. The van der Waals surface area contributed by atoms with E-state index < -0.39 is 42.2 Å². The fourth-order valence-corrected chi connectivity index (χ4v) is 8.70. The Hall–Kier alpha value is -3.55. The quantitative estimate of drug-likeness (QED) is 0.276. The molecule has 0 radical (unpaired) electrons. The van der Waals surface area contributed by atoms with E-state index in [1.54, 1.807) is 24.3 Å². The topological polar surface area (TPSA) is 149 Å². The number of urea groups is 1. The van der Waals surface area contributed by atoms with E-state index in [0.29, 0.717) is 49.6 Å². The van der Waals surface area contributed by atoms with Gasteiger partial charge in [0.1, 0.15) is 19.3 Å². The summed E-state index contributed by atoms with van der Waals surface area (Å²) >= 11 is 1.84. The second-order valence-corrected chi connectivity index (χ2v) is 17.4. The molecule has 1 aromatic carbocycles. The fraction of sp³-hybridized carbons (Fsp3) is 0.718. The molecule has 4 aliphatic rings. The molecule has 5 rings (SSSR count). The van der Waals surface area contributed by atoms with Crippen molar-refractivity contribution in [2.45, 2.75) is 117 Å². The van der Waals surface area contributed by atoms with Crippen LogP contribution in [-0.4, -0.2) is 102 Å². The molecule has 4 N–H and O–H groups in total. The zero-order chi connectivity index (χ0) is 38.6. The first-order valence-electron chi connectivity index (χ1n) is 19.3. The van der Waals surface area contributed by atoms with Crippen molar-refractivity contribution in [3.63, 3.8) is 0 Å². The number of hydrogen-bond acceptors (Lipinski definition) is 7. The number of nitrogens with zero attached hydrogens (tertiary/aromatic N) is 2. The molecule has 2 unspecified atom stereocenters. The highest BCUT2D eigenvalue weighted by Gasteiger charge is 2.53. The SMILES string of the molecule is CC(C)C1NC(=O)CCCCCC2CC[C@](C(C)(C)C)(C2)N(C(=O)N2CCSCC2)CC[C@H](CF)NC(=O)OCc2ccc(cc2)NC(=O)CNC1=O. The van der Waals surface area contributed by atoms with Crippen LogP contribution in [0.3, 0.4) is 0 Å². The number of carbonyl (C=O) groups is 5. The zero-order valence-electron chi connectivity index (χ0n) is 32.3. The van der Waals surface area contributed by atoms with Crippen molar-refractivity contribution in [1.29, 1.82) is 0 Å². The first-order valence-corrected chi connectivity index (χ1v) is 20.5. The Labute approximate surface area is 318 Å². The molecule has 0 spiro atoms. The Bertz CT molecular complexity index is 1400. The maximum atomic E-state index is 14.4. The van der Waals surface area contributed by atoms with E-state index in [0.717, 1.165) is 50.0 Å². The fourth-order valence-electron chi connectivity index (χ4n) is 7.79. The summed E-state index contributed by atoms with van der Waals surface area (Å²) in [6.45, 7) is 10.8. The van der Waals surface area contributed by atoms with E-state index in [-0.39, 0.29) is 42.8 Å². The molecule has 1 aliphatic carbocycles. The molecule has 4 atom stereocenters. The number of ether oxygens (including phenoxy) is 1. The van der Waals surface area contributed by atoms with Crippen molar-refractivity contribution < 1.29 is 33.1 Å². The van der Waals surface area contributed by atoms with Crippen molar-refractivity contribution in [3.8, 4) is 0 Å². The Kier molecular flexibility index (Phi) is 15.7. The summed E-state index contributed by atoms with van der Waals surface area (Å²) in [5, 5.41) is 10.9. The zero-order valence-corrected chi connectivity index (χ0v) is 33.1. The number of rotatable bonds is 2. The Morgan fingerprint density at radius 2 is 1.68 bits per heavy atom. The van der Waals surface area contributed by atoms with Gasteiger partial charge in [0.15, 0.2) is 0 Å². The number of nitrogens with one attached hydrogen (secondary N) is 4. The number of benzene rings is 1. The van der Waals surface area contributed by atoms with Gasteiger partial charge in [-0.05, 0) is 67.1 Å². The molecular formula is C39H61FN6O6S. The third-order valence-electron chi connectivity index (χ3n) is 11.0. The van der Waals surface area contributed by atoms with Crippen LogP contribution in [0.2, 0.25) is 0 Å². The van der Waals surface area contributed by atoms with Gasteiger partial charge in [-0.2, -0.15) is 11.8 Å². The highest BCUT2D eigenvalue weighted by molar-refractivity contribution is 7.99. The summed E-state index contributed by atoms with van der Waals surface area (Å²) in [5.41, 5.74) is 0.448. The summed E-state index contributed by atoms with van der Waals surface area (Å²) < 4.78 is 19.9. The minimum absolute atomic E-state index is 0.0141. The van der Waals surface area contributed by atoms with Crippen molar-refractivity contribution >= 4 is 47.3 Å². The summed E-state index contributed by atoms with van der Waals surface area (Å²) in [5.74, 6) is 0.935. The normalized spacial score (nSPS) is 26.8. The number of fused-ring (bicyclic) bond motifs is 21. The molecule has 12 nitrogen and oxygen atoms in total. The maximum Gasteiger partial charge on any atom is 0.407 e. The number of alkyl halides is 1. The molecule has 2 fully saturated rings. The number of carbonyl (C=O) groups excluding carboxylic acids is 5. The van der Waals surface area contributed by atoms with Gasteiger partial charge in [-0.25, -0.2) is 14.0 Å². The highest BCUT2D eigenvalue weighted by atomic mass is 32.2. The average molecular weight is 761 g/mol. The van der Waals surface area contributed by atoms with Gasteiger partial charge in [-0.15, -0.1) is 0 Å². The molecule has 1 saturated heterocycles. The lowest BCUT2D eigenvalue weighted by Gasteiger charge is -2.52. The van der Waals surface area contributed by atoms with Gasteiger partial charge in [-0.1, -0.05) is 66.0 Å². The monoisotopic (exact) mass is 760 g/mol. The number of anilines is 1. The van der Waals surface area contributed by atoms with Crippen molar-refractivity contribution in [2.75, 3.05) is 49.7 Å². The van der Waals surface area contributed by atoms with Crippen molar-refractivity contribution in [2.24, 2.45) is 17.3 Å². The molecule has 1 aromatic rings. The van der Waals surface area contributed by atoms with E-state index in [1.165, 1.54) is 0 Å². The lowest BCUT2D eigenvalue weighted by Crippen LogP contribution is -2.62. The van der Waals surface area contributed by atoms with Crippen LogP contribution in [-0.2, 0) is 25.7 Å². The van der Waals surface area contributed by atoms with Crippen LogP contribution in [0.5, 0.6) is 0 Å². The molecule has 1 saturated carbocycles. The third-order valence-corrected chi connectivity index (χ3v) is 12.0. The van der Waals surface area contributed by atoms with Gasteiger partial charge in [-0.3, -0.25) is 14.4 Å². The highest BCUT2D eigenvalue weighted by Crippen LogP contribution is 2.51. The van der Waals surface area contributed by atoms with Crippen molar-refractivity contribution in [3.05, 3.63) is 29.8 Å². The minimum Gasteiger partial charge on any atom is -0.445 e. The first kappa shape index (κ1) is 42.2. The maximum absolute atomic E-state index is 14.4. The van der Waals surface area contributed by atoms with Gasteiger partial charge >= 0.3 is 12.1 Å². The standard InChI is InChI=1S/C39H61FN6O6S/c1-27(2)34-35(49)41-25-33(48)42-30-13-11-29(12-14-30)26-52-36(50)43-31(24-40)16-18-46(37(51)45-19-21-53-22-20-45)39(38(3,4)5)17-15-28(23-39)9-7-6-8-10-32(47)44-34/h11-14,27-28,31,34H,6-10,15-26H2,1-5H3,(H,41,49)(H,42,48)(H,43,50)(H,44,47)/t28?,31-,34?,39-/m1/s1. The van der Waals surface area contributed by atoms with Gasteiger partial charge in [0, 0.05) is 48.8 Å². The van der Waals surface area contributed by atoms with Crippen LogP contribution in [0, 0.1) is 17.3 Å². The largest absolute Gasteiger partial charge is 0.445 e. The van der Waals surface area contributed by atoms with Gasteiger partial charge < -0.3 is 35.8 Å². The number of thioether (sulfide) groups is 1. The van der Waals surface area contributed by atoms with Crippen molar-refractivity contribution in [1.82, 2.24) is 25.8 Å². The number of amides is 6.